The molecule has 1 amide bonds. The summed E-state index contributed by atoms with van der Waals surface area (Å²) in [7, 11) is 0. The minimum Gasteiger partial charge on any atom is -0.411 e. The Kier molecular flexibility index (Phi) is 6.55. The zero-order valence-corrected chi connectivity index (χ0v) is 17.4. The number of carbonyl (C=O) groups excluding carboxylic acids is 2. The van der Waals surface area contributed by atoms with Gasteiger partial charge in [0.05, 0.1) is 17.5 Å². The van der Waals surface area contributed by atoms with Gasteiger partial charge in [-0.25, -0.2) is 0 Å². The average Bonchev–Trinajstić information content (AvgIpc) is 3.41. The Morgan fingerprint density at radius 1 is 1.28 bits per heavy atom. The highest BCUT2D eigenvalue weighted by Crippen LogP contribution is 2.31. The molecular weight excluding hydrogens is 386 g/mol. The van der Waals surface area contributed by atoms with Crippen LogP contribution >= 0.6 is 11.8 Å². The van der Waals surface area contributed by atoms with Crippen molar-refractivity contribution in [3.05, 3.63) is 35.4 Å². The van der Waals surface area contributed by atoms with Crippen LogP contribution in [0.1, 0.15) is 43.2 Å². The van der Waals surface area contributed by atoms with Crippen LogP contribution < -0.4 is 5.32 Å². The molecule has 0 aromatic heterocycles. The van der Waals surface area contributed by atoms with Gasteiger partial charge in [-0.05, 0) is 55.6 Å². The third-order valence-electron chi connectivity index (χ3n) is 6.52. The number of fused-ring (bicyclic) bond motifs is 1. The van der Waals surface area contributed by atoms with E-state index in [2.05, 4.69) is 34.7 Å². The lowest BCUT2D eigenvalue weighted by atomic mass is 9.81. The normalized spacial score (nSPS) is 29.3. The van der Waals surface area contributed by atoms with Crippen molar-refractivity contribution in [2.45, 2.75) is 62.3 Å². The molecule has 2 N–H and O–H groups in total. The molecule has 29 heavy (non-hydrogen) atoms. The first-order chi connectivity index (χ1) is 14.2. The van der Waals surface area contributed by atoms with Crippen molar-refractivity contribution in [1.29, 1.82) is 0 Å². The van der Waals surface area contributed by atoms with Gasteiger partial charge in [-0.2, -0.15) is 0 Å². The summed E-state index contributed by atoms with van der Waals surface area (Å²) in [5.41, 5.74) is 2.87. The maximum absolute atomic E-state index is 13.0. The van der Waals surface area contributed by atoms with Crippen molar-refractivity contribution in [2.24, 2.45) is 11.1 Å². The van der Waals surface area contributed by atoms with E-state index in [0.29, 0.717) is 24.8 Å². The van der Waals surface area contributed by atoms with Crippen LogP contribution in [0.15, 0.2) is 29.4 Å². The highest BCUT2D eigenvalue weighted by atomic mass is 32.2. The molecule has 0 saturated carbocycles. The van der Waals surface area contributed by atoms with Crippen LogP contribution in [0.25, 0.3) is 0 Å². The highest BCUT2D eigenvalue weighted by molar-refractivity contribution is 8.00. The summed E-state index contributed by atoms with van der Waals surface area (Å²) in [5, 5.41) is 14.9. The monoisotopic (exact) mass is 415 g/mol. The number of amides is 1. The Morgan fingerprint density at radius 2 is 2.10 bits per heavy atom. The first-order valence-corrected chi connectivity index (χ1v) is 11.6. The Hall–Kier alpha value is -1.86. The van der Waals surface area contributed by atoms with Gasteiger partial charge in [-0.3, -0.25) is 14.9 Å². The van der Waals surface area contributed by atoms with E-state index < -0.39 is 6.04 Å². The summed E-state index contributed by atoms with van der Waals surface area (Å²) in [6.07, 6.45) is 7.84. The van der Waals surface area contributed by atoms with E-state index in [1.807, 2.05) is 0 Å². The molecule has 2 heterocycles. The van der Waals surface area contributed by atoms with E-state index in [-0.39, 0.29) is 23.0 Å². The molecule has 4 atom stereocenters. The van der Waals surface area contributed by atoms with Gasteiger partial charge in [0.15, 0.2) is 0 Å². The Labute approximate surface area is 176 Å². The predicted octanol–water partition coefficient (Wildman–Crippen LogP) is 2.62. The summed E-state index contributed by atoms with van der Waals surface area (Å²) in [6.45, 7) is 0.654. The van der Waals surface area contributed by atoms with Crippen molar-refractivity contribution in [2.75, 3.05) is 12.4 Å². The van der Waals surface area contributed by atoms with Crippen molar-refractivity contribution < 1.29 is 14.8 Å². The van der Waals surface area contributed by atoms with Crippen LogP contribution in [0.3, 0.4) is 0 Å². The average molecular weight is 416 g/mol. The fourth-order valence-corrected chi connectivity index (χ4v) is 6.08. The molecule has 1 aromatic rings. The highest BCUT2D eigenvalue weighted by Gasteiger charge is 2.42. The summed E-state index contributed by atoms with van der Waals surface area (Å²) < 4.78 is 0. The number of hydrogen-bond donors (Lipinski definition) is 2. The first kappa shape index (κ1) is 20.4. The van der Waals surface area contributed by atoms with E-state index in [4.69, 9.17) is 5.21 Å². The standard InChI is InChI=1S/C22H29N3O3S/c26-19(10-8-15-7-9-16-4-1-2-5-17(16)12-15)21-20(23-14-29-21)22(27)25-11-3-6-18(25)13-24-28/h1-2,4-5,13,15,18,20-21,23,28H,3,6-12,14H2/t15-,18-,20-,21?/m0/s1. The second-order valence-corrected chi connectivity index (χ2v) is 9.43. The van der Waals surface area contributed by atoms with E-state index >= 15 is 0 Å². The quantitative estimate of drug-likeness (QED) is 0.424. The molecule has 2 saturated heterocycles. The molecule has 0 radical (unpaired) electrons. The molecule has 1 unspecified atom stereocenters. The zero-order valence-electron chi connectivity index (χ0n) is 16.6. The Bertz CT molecular complexity index is 784. The van der Waals surface area contributed by atoms with Crippen LogP contribution in [0.4, 0.5) is 0 Å². The number of rotatable bonds is 6. The second kappa shape index (κ2) is 9.30. The minimum absolute atomic E-state index is 0.0395. The number of nitrogens with zero attached hydrogens (tertiary/aromatic N) is 2. The first-order valence-electron chi connectivity index (χ1n) is 10.6. The van der Waals surface area contributed by atoms with Crippen molar-refractivity contribution in [3.63, 3.8) is 0 Å². The van der Waals surface area contributed by atoms with Crippen molar-refractivity contribution >= 4 is 29.7 Å². The molecule has 0 spiro atoms. The topological polar surface area (TPSA) is 82.0 Å². The van der Waals surface area contributed by atoms with Gasteiger partial charge in [0.2, 0.25) is 5.91 Å². The predicted molar refractivity (Wildman–Crippen MR) is 114 cm³/mol. The SMILES string of the molecule is O=C(CC[C@@H]1CCc2ccccc2C1)C1SCN[C@@H]1C(=O)N1CCC[C@H]1C=NO. The Morgan fingerprint density at radius 3 is 2.93 bits per heavy atom. The van der Waals surface area contributed by atoms with Gasteiger partial charge in [-0.15, -0.1) is 11.8 Å². The number of nitrogens with one attached hydrogen (secondary N) is 1. The molecule has 3 aliphatic rings. The molecule has 0 bridgehead atoms. The number of benzene rings is 1. The number of Topliss-reactive ketones (excluding diaryl/α,β-unsaturated/α-hetero) is 1. The fourth-order valence-electron chi connectivity index (χ4n) is 4.91. The maximum Gasteiger partial charge on any atom is 0.241 e. The summed E-state index contributed by atoms with van der Waals surface area (Å²) in [4.78, 5) is 27.8. The molecule has 1 aromatic carbocycles. The minimum atomic E-state index is -0.465. The smallest absolute Gasteiger partial charge is 0.241 e. The second-order valence-electron chi connectivity index (χ2n) is 8.30. The summed E-state index contributed by atoms with van der Waals surface area (Å²) in [6, 6.07) is 7.97. The van der Waals surface area contributed by atoms with Gasteiger partial charge in [-0.1, -0.05) is 29.4 Å². The third kappa shape index (κ3) is 4.51. The molecule has 7 heteroatoms. The van der Waals surface area contributed by atoms with Crippen LogP contribution in [0.5, 0.6) is 0 Å². The maximum atomic E-state index is 13.0. The van der Waals surface area contributed by atoms with Gasteiger partial charge in [0, 0.05) is 18.8 Å². The number of likely N-dealkylation sites (tertiary alicyclic amines) is 1. The van der Waals surface area contributed by atoms with Gasteiger partial charge in [0.1, 0.15) is 11.8 Å². The lowest BCUT2D eigenvalue weighted by Crippen LogP contribution is -2.51. The number of oxime groups is 1. The molecule has 1 aliphatic carbocycles. The van der Waals surface area contributed by atoms with Gasteiger partial charge in [0.25, 0.3) is 0 Å². The number of aryl methyl sites for hydroxylation is 1. The zero-order chi connectivity index (χ0) is 20.2. The number of ketones is 1. The van der Waals surface area contributed by atoms with Crippen molar-refractivity contribution in [1.82, 2.24) is 10.2 Å². The molecule has 4 rings (SSSR count). The molecular formula is C22H29N3O3S. The summed E-state index contributed by atoms with van der Waals surface area (Å²) >= 11 is 1.54. The van der Waals surface area contributed by atoms with E-state index in [9.17, 15) is 9.59 Å². The lowest BCUT2D eigenvalue weighted by molar-refractivity contribution is -0.134. The van der Waals surface area contributed by atoms with Gasteiger partial charge < -0.3 is 10.1 Å². The molecule has 6 nitrogen and oxygen atoms in total. The van der Waals surface area contributed by atoms with E-state index in [0.717, 1.165) is 38.5 Å². The van der Waals surface area contributed by atoms with E-state index in [1.54, 1.807) is 16.7 Å². The van der Waals surface area contributed by atoms with E-state index in [1.165, 1.54) is 17.3 Å². The van der Waals surface area contributed by atoms with Gasteiger partial charge >= 0.3 is 0 Å². The van der Waals surface area contributed by atoms with Crippen LogP contribution in [0.2, 0.25) is 0 Å². The van der Waals surface area contributed by atoms with Crippen LogP contribution in [-0.2, 0) is 22.4 Å². The fraction of sp³-hybridized carbons (Fsp3) is 0.591. The number of carbonyl (C=O) groups is 2. The molecule has 2 fully saturated rings. The lowest BCUT2D eigenvalue weighted by Gasteiger charge is -2.27. The van der Waals surface area contributed by atoms with Crippen molar-refractivity contribution in [3.8, 4) is 0 Å². The molecule has 2 aliphatic heterocycles. The Balaban J connectivity index is 1.33. The number of thioether (sulfide) groups is 1. The number of hydrogen-bond acceptors (Lipinski definition) is 6. The largest absolute Gasteiger partial charge is 0.411 e. The molecule has 156 valence electrons. The van der Waals surface area contributed by atoms with Crippen LogP contribution in [-0.4, -0.2) is 57.8 Å². The van der Waals surface area contributed by atoms with Crippen LogP contribution in [0, 0.1) is 5.92 Å². The third-order valence-corrected chi connectivity index (χ3v) is 7.75. The summed E-state index contributed by atoms with van der Waals surface area (Å²) in [5.74, 6) is 1.31.